The van der Waals surface area contributed by atoms with Crippen LogP contribution in [0.25, 0.3) is 0 Å². The summed E-state index contributed by atoms with van der Waals surface area (Å²) in [6, 6.07) is 5.52. The van der Waals surface area contributed by atoms with Crippen molar-refractivity contribution in [1.29, 1.82) is 0 Å². The molecule has 1 aliphatic carbocycles. The zero-order valence-electron chi connectivity index (χ0n) is 12.1. The van der Waals surface area contributed by atoms with Crippen molar-refractivity contribution in [3.8, 4) is 11.8 Å². The highest BCUT2D eigenvalue weighted by Crippen LogP contribution is 2.29. The first-order valence-corrected chi connectivity index (χ1v) is 7.07. The number of carbonyl (C=O) groups is 1. The molecule has 0 spiro atoms. The van der Waals surface area contributed by atoms with Crippen molar-refractivity contribution in [1.82, 2.24) is 5.32 Å². The van der Waals surface area contributed by atoms with Crippen molar-refractivity contribution in [2.24, 2.45) is 0 Å². The van der Waals surface area contributed by atoms with Gasteiger partial charge in [-0.3, -0.25) is 4.79 Å². The summed E-state index contributed by atoms with van der Waals surface area (Å²) < 4.78 is 0. The molecular formula is C17H21NO2. The molecule has 3 nitrogen and oxygen atoms in total. The lowest BCUT2D eigenvalue weighted by Gasteiger charge is -2.25. The highest BCUT2D eigenvalue weighted by Gasteiger charge is 2.30. The summed E-state index contributed by atoms with van der Waals surface area (Å²) in [5, 5.41) is 11.9. The van der Waals surface area contributed by atoms with Crippen LogP contribution >= 0.6 is 0 Å². The van der Waals surface area contributed by atoms with Crippen LogP contribution in [0.5, 0.6) is 0 Å². The average molecular weight is 271 g/mol. The fraction of sp³-hybridized carbons (Fsp3) is 0.471. The van der Waals surface area contributed by atoms with E-state index in [-0.39, 0.29) is 18.1 Å². The Bertz CT molecular complexity index is 560. The van der Waals surface area contributed by atoms with E-state index in [0.29, 0.717) is 5.56 Å². The van der Waals surface area contributed by atoms with Gasteiger partial charge in [0.2, 0.25) is 0 Å². The molecule has 2 rings (SSSR count). The van der Waals surface area contributed by atoms with Crippen molar-refractivity contribution >= 4 is 5.91 Å². The third kappa shape index (κ3) is 3.40. The molecule has 106 valence electrons. The second kappa shape index (κ2) is 6.11. The maximum Gasteiger partial charge on any atom is 0.251 e. The van der Waals surface area contributed by atoms with Gasteiger partial charge in [0.15, 0.2) is 0 Å². The quantitative estimate of drug-likeness (QED) is 0.812. The lowest BCUT2D eigenvalue weighted by molar-refractivity contribution is 0.0908. The number of nitrogens with one attached hydrogen (secondary N) is 1. The summed E-state index contributed by atoms with van der Waals surface area (Å²) in [7, 11) is 0. The molecule has 1 aliphatic rings. The number of hydrogen-bond acceptors (Lipinski definition) is 2. The van der Waals surface area contributed by atoms with E-state index in [1.807, 2.05) is 19.1 Å². The van der Waals surface area contributed by atoms with E-state index in [4.69, 9.17) is 5.11 Å². The molecule has 0 aliphatic heterocycles. The van der Waals surface area contributed by atoms with Gasteiger partial charge in [-0.05, 0) is 44.4 Å². The number of aryl methyl sites for hydroxylation is 1. The predicted octanol–water partition coefficient (Wildman–Crippen LogP) is 2.40. The first-order valence-electron chi connectivity index (χ1n) is 7.07. The van der Waals surface area contributed by atoms with Crippen LogP contribution in [0.3, 0.4) is 0 Å². The molecule has 2 N–H and O–H groups in total. The van der Waals surface area contributed by atoms with Crippen LogP contribution in [0.15, 0.2) is 18.2 Å². The minimum atomic E-state index is -0.173. The normalized spacial score (nSPS) is 16.4. The number of carbonyl (C=O) groups excluding carboxylic acids is 1. The van der Waals surface area contributed by atoms with Crippen molar-refractivity contribution in [2.75, 3.05) is 6.61 Å². The highest BCUT2D eigenvalue weighted by atomic mass is 16.2. The molecule has 1 amide bonds. The van der Waals surface area contributed by atoms with E-state index in [2.05, 4.69) is 24.1 Å². The first-order chi connectivity index (χ1) is 9.54. The molecule has 0 heterocycles. The summed E-state index contributed by atoms with van der Waals surface area (Å²) in [5.41, 5.74) is 2.36. The monoisotopic (exact) mass is 271 g/mol. The Morgan fingerprint density at radius 2 is 2.10 bits per heavy atom. The van der Waals surface area contributed by atoms with Crippen LogP contribution in [0, 0.1) is 18.8 Å². The van der Waals surface area contributed by atoms with Gasteiger partial charge in [0.25, 0.3) is 5.91 Å². The molecule has 0 radical (unpaired) electrons. The Labute approximate surface area is 120 Å². The third-order valence-corrected chi connectivity index (χ3v) is 3.92. The number of benzene rings is 1. The van der Waals surface area contributed by atoms with Gasteiger partial charge in [0.05, 0.1) is 0 Å². The zero-order valence-corrected chi connectivity index (χ0v) is 12.1. The van der Waals surface area contributed by atoms with Gasteiger partial charge in [0, 0.05) is 16.7 Å². The SMILES string of the molecule is Cc1ccc(C(=O)NC2(C)CCCC2)cc1C#CCO. The van der Waals surface area contributed by atoms with Gasteiger partial charge in [0.1, 0.15) is 6.61 Å². The lowest BCUT2D eigenvalue weighted by atomic mass is 9.99. The Morgan fingerprint density at radius 3 is 2.75 bits per heavy atom. The number of amides is 1. The van der Waals surface area contributed by atoms with Crippen molar-refractivity contribution in [3.05, 3.63) is 34.9 Å². The van der Waals surface area contributed by atoms with Crippen LogP contribution < -0.4 is 5.32 Å². The number of hydrogen-bond donors (Lipinski definition) is 2. The lowest BCUT2D eigenvalue weighted by Crippen LogP contribution is -2.43. The largest absolute Gasteiger partial charge is 0.384 e. The molecule has 0 unspecified atom stereocenters. The summed E-state index contributed by atoms with van der Waals surface area (Å²) >= 11 is 0. The molecule has 0 bridgehead atoms. The standard InChI is InChI=1S/C17H21NO2/c1-13-7-8-15(12-14(13)6-5-11-19)16(20)18-17(2)9-3-4-10-17/h7-8,12,19H,3-4,9-11H2,1-2H3,(H,18,20). The van der Waals surface area contributed by atoms with Crippen LogP contribution in [-0.2, 0) is 0 Å². The topological polar surface area (TPSA) is 49.3 Å². The Balaban J connectivity index is 2.17. The van der Waals surface area contributed by atoms with E-state index in [9.17, 15) is 4.79 Å². The first kappa shape index (κ1) is 14.6. The molecule has 20 heavy (non-hydrogen) atoms. The van der Waals surface area contributed by atoms with Crippen LogP contribution in [0.1, 0.15) is 54.1 Å². The van der Waals surface area contributed by atoms with Gasteiger partial charge < -0.3 is 10.4 Å². The maximum atomic E-state index is 12.3. The van der Waals surface area contributed by atoms with Gasteiger partial charge >= 0.3 is 0 Å². The molecule has 0 saturated heterocycles. The molecular weight excluding hydrogens is 250 g/mol. The van der Waals surface area contributed by atoms with Gasteiger partial charge in [-0.1, -0.05) is 30.7 Å². The molecule has 0 atom stereocenters. The smallest absolute Gasteiger partial charge is 0.251 e. The van der Waals surface area contributed by atoms with Gasteiger partial charge in [-0.25, -0.2) is 0 Å². The Kier molecular flexibility index (Phi) is 4.46. The predicted molar refractivity (Wildman–Crippen MR) is 79.5 cm³/mol. The van der Waals surface area contributed by atoms with Gasteiger partial charge in [-0.15, -0.1) is 0 Å². The fourth-order valence-corrected chi connectivity index (χ4v) is 2.66. The number of aliphatic hydroxyl groups is 1. The second-order valence-corrected chi connectivity index (χ2v) is 5.71. The van der Waals surface area contributed by atoms with E-state index in [1.165, 1.54) is 12.8 Å². The third-order valence-electron chi connectivity index (χ3n) is 3.92. The van der Waals surface area contributed by atoms with Gasteiger partial charge in [-0.2, -0.15) is 0 Å². The summed E-state index contributed by atoms with van der Waals surface area (Å²) in [6.07, 6.45) is 4.44. The maximum absolute atomic E-state index is 12.3. The molecule has 1 aromatic rings. The van der Waals surface area contributed by atoms with Crippen LogP contribution in [-0.4, -0.2) is 23.2 Å². The number of aliphatic hydroxyl groups excluding tert-OH is 1. The number of rotatable bonds is 2. The van der Waals surface area contributed by atoms with E-state index >= 15 is 0 Å². The highest BCUT2D eigenvalue weighted by molar-refractivity contribution is 5.95. The minimum Gasteiger partial charge on any atom is -0.384 e. The Hall–Kier alpha value is -1.79. The summed E-state index contributed by atoms with van der Waals surface area (Å²) in [6.45, 7) is 3.88. The van der Waals surface area contributed by atoms with Crippen LogP contribution in [0.4, 0.5) is 0 Å². The molecule has 3 heteroatoms. The molecule has 0 aromatic heterocycles. The zero-order chi connectivity index (χ0) is 14.6. The van der Waals surface area contributed by atoms with Crippen molar-refractivity contribution in [2.45, 2.75) is 45.1 Å². The van der Waals surface area contributed by atoms with E-state index in [0.717, 1.165) is 24.0 Å². The summed E-state index contributed by atoms with van der Waals surface area (Å²) in [4.78, 5) is 12.3. The van der Waals surface area contributed by atoms with E-state index in [1.54, 1.807) is 6.07 Å². The molecule has 1 aromatic carbocycles. The van der Waals surface area contributed by atoms with Crippen molar-refractivity contribution in [3.63, 3.8) is 0 Å². The Morgan fingerprint density at radius 1 is 1.40 bits per heavy atom. The summed E-state index contributed by atoms with van der Waals surface area (Å²) in [5.74, 6) is 5.47. The van der Waals surface area contributed by atoms with Crippen molar-refractivity contribution < 1.29 is 9.90 Å². The second-order valence-electron chi connectivity index (χ2n) is 5.71. The average Bonchev–Trinajstić information content (AvgIpc) is 2.84. The molecule has 1 fully saturated rings. The minimum absolute atomic E-state index is 0.0403. The molecule has 1 saturated carbocycles. The fourth-order valence-electron chi connectivity index (χ4n) is 2.66. The van der Waals surface area contributed by atoms with Crippen LogP contribution in [0.2, 0.25) is 0 Å². The van der Waals surface area contributed by atoms with E-state index < -0.39 is 0 Å².